The van der Waals surface area contributed by atoms with Gasteiger partial charge in [-0.2, -0.15) is 0 Å². The first-order valence-corrected chi connectivity index (χ1v) is 9.14. The summed E-state index contributed by atoms with van der Waals surface area (Å²) in [6.07, 6.45) is 2.80. The van der Waals surface area contributed by atoms with Crippen LogP contribution in [-0.2, 0) is 16.1 Å². The van der Waals surface area contributed by atoms with Crippen LogP contribution in [0, 0.1) is 5.92 Å². The maximum absolute atomic E-state index is 12.9. The molecule has 2 heterocycles. The Morgan fingerprint density at radius 1 is 1.15 bits per heavy atom. The summed E-state index contributed by atoms with van der Waals surface area (Å²) in [5.74, 6) is -0.619. The van der Waals surface area contributed by atoms with E-state index in [0.717, 1.165) is 5.52 Å². The van der Waals surface area contributed by atoms with Crippen molar-refractivity contribution >= 4 is 22.8 Å². The number of amides is 1. The van der Waals surface area contributed by atoms with Gasteiger partial charge in [-0.15, -0.1) is 0 Å². The van der Waals surface area contributed by atoms with Gasteiger partial charge < -0.3 is 14.2 Å². The number of esters is 1. The lowest BCUT2D eigenvalue weighted by molar-refractivity contribution is -0.149. The highest BCUT2D eigenvalue weighted by atomic mass is 16.5. The minimum absolute atomic E-state index is 0.164. The Morgan fingerprint density at radius 3 is 2.50 bits per heavy atom. The highest BCUT2D eigenvalue weighted by Crippen LogP contribution is 2.20. The molecule has 0 spiro atoms. The minimum Gasteiger partial charge on any atom is -0.466 e. The number of para-hydroxylation sites is 1. The molecule has 0 unspecified atom stereocenters. The molecule has 0 N–H and O–H groups in total. The van der Waals surface area contributed by atoms with Crippen molar-refractivity contribution in [2.75, 3.05) is 19.7 Å². The Labute approximate surface area is 152 Å². The average Bonchev–Trinajstić information content (AvgIpc) is 2.68. The number of benzene rings is 1. The Morgan fingerprint density at radius 2 is 1.85 bits per heavy atom. The van der Waals surface area contributed by atoms with Gasteiger partial charge in [0.05, 0.1) is 18.0 Å². The van der Waals surface area contributed by atoms with Crippen molar-refractivity contribution in [2.45, 2.75) is 33.2 Å². The van der Waals surface area contributed by atoms with Gasteiger partial charge >= 0.3 is 5.97 Å². The molecule has 0 bridgehead atoms. The number of aromatic nitrogens is 1. The SMILES string of the molecule is CCOC(=O)C1CCN(C(=O)c2cn(CC)c3ccccc3c2=O)CC1. The van der Waals surface area contributed by atoms with Crippen LogP contribution in [0.25, 0.3) is 10.9 Å². The molecule has 1 amide bonds. The van der Waals surface area contributed by atoms with Crippen LogP contribution in [0.4, 0.5) is 0 Å². The number of hydrogen-bond acceptors (Lipinski definition) is 4. The fourth-order valence-corrected chi connectivity index (χ4v) is 3.51. The van der Waals surface area contributed by atoms with Crippen molar-refractivity contribution in [3.63, 3.8) is 0 Å². The Bertz CT molecular complexity index is 879. The summed E-state index contributed by atoms with van der Waals surface area (Å²) in [7, 11) is 0. The maximum atomic E-state index is 12.9. The normalized spacial score (nSPS) is 15.2. The van der Waals surface area contributed by atoms with Crippen molar-refractivity contribution in [2.24, 2.45) is 5.92 Å². The predicted molar refractivity (Wildman–Crippen MR) is 99.1 cm³/mol. The van der Waals surface area contributed by atoms with Gasteiger partial charge in [0, 0.05) is 31.2 Å². The molecule has 0 radical (unpaired) electrons. The fourth-order valence-electron chi connectivity index (χ4n) is 3.51. The molecular weight excluding hydrogens is 332 g/mol. The summed E-state index contributed by atoms with van der Waals surface area (Å²) in [6, 6.07) is 7.34. The van der Waals surface area contributed by atoms with E-state index in [0.29, 0.717) is 44.5 Å². The van der Waals surface area contributed by atoms with Crippen LogP contribution in [0.3, 0.4) is 0 Å². The molecule has 26 heavy (non-hydrogen) atoms. The zero-order chi connectivity index (χ0) is 18.7. The van der Waals surface area contributed by atoms with Crippen LogP contribution in [0.2, 0.25) is 0 Å². The molecule has 3 rings (SSSR count). The number of aryl methyl sites for hydroxylation is 1. The third-order valence-corrected chi connectivity index (χ3v) is 4.96. The number of likely N-dealkylation sites (tertiary alicyclic amines) is 1. The second kappa shape index (κ2) is 7.72. The lowest BCUT2D eigenvalue weighted by Gasteiger charge is -2.31. The molecule has 1 aromatic heterocycles. The van der Waals surface area contributed by atoms with Crippen LogP contribution in [-0.4, -0.2) is 41.0 Å². The molecule has 2 aromatic rings. The molecule has 1 aliphatic heterocycles. The number of hydrogen-bond donors (Lipinski definition) is 0. The van der Waals surface area contributed by atoms with Gasteiger partial charge in [0.15, 0.2) is 0 Å². The molecule has 1 aliphatic rings. The Kier molecular flexibility index (Phi) is 5.40. The second-order valence-corrected chi connectivity index (χ2v) is 6.49. The third kappa shape index (κ3) is 3.36. The summed E-state index contributed by atoms with van der Waals surface area (Å²) < 4.78 is 6.99. The minimum atomic E-state index is -0.259. The highest BCUT2D eigenvalue weighted by Gasteiger charge is 2.29. The van der Waals surface area contributed by atoms with E-state index in [1.807, 2.05) is 29.7 Å². The summed E-state index contributed by atoms with van der Waals surface area (Å²) in [5.41, 5.74) is 0.792. The largest absolute Gasteiger partial charge is 0.466 e. The zero-order valence-electron chi connectivity index (χ0n) is 15.2. The van der Waals surface area contributed by atoms with Crippen molar-refractivity contribution in [3.05, 3.63) is 46.2 Å². The van der Waals surface area contributed by atoms with Crippen molar-refractivity contribution in [3.8, 4) is 0 Å². The number of nitrogens with zero attached hydrogens (tertiary/aromatic N) is 2. The number of carbonyl (C=O) groups is 2. The standard InChI is InChI=1S/C20H24N2O4/c1-3-21-13-16(18(23)15-7-5-6-8-17(15)21)19(24)22-11-9-14(10-12-22)20(25)26-4-2/h5-8,13-14H,3-4,9-12H2,1-2H3. The maximum Gasteiger partial charge on any atom is 0.309 e. The first-order valence-electron chi connectivity index (χ1n) is 9.14. The zero-order valence-corrected chi connectivity index (χ0v) is 15.2. The van der Waals surface area contributed by atoms with Gasteiger partial charge in [0.2, 0.25) is 5.43 Å². The number of ether oxygens (including phenoxy) is 1. The molecule has 1 fully saturated rings. The van der Waals surface area contributed by atoms with E-state index in [1.165, 1.54) is 0 Å². The molecule has 0 aliphatic carbocycles. The van der Waals surface area contributed by atoms with Gasteiger partial charge in [-0.25, -0.2) is 0 Å². The van der Waals surface area contributed by atoms with Gasteiger partial charge in [-0.1, -0.05) is 12.1 Å². The summed E-state index contributed by atoms with van der Waals surface area (Å²) in [4.78, 5) is 39.3. The van der Waals surface area contributed by atoms with E-state index < -0.39 is 0 Å². The quantitative estimate of drug-likeness (QED) is 0.789. The van der Waals surface area contributed by atoms with Crippen molar-refractivity contribution in [1.82, 2.24) is 9.47 Å². The molecule has 6 nitrogen and oxygen atoms in total. The predicted octanol–water partition coefficient (Wildman–Crippen LogP) is 2.44. The first-order chi connectivity index (χ1) is 12.6. The van der Waals surface area contributed by atoms with E-state index in [-0.39, 0.29) is 28.8 Å². The van der Waals surface area contributed by atoms with Gasteiger partial charge in [-0.05, 0) is 38.8 Å². The van der Waals surface area contributed by atoms with E-state index >= 15 is 0 Å². The van der Waals surface area contributed by atoms with Crippen LogP contribution < -0.4 is 5.43 Å². The lowest BCUT2D eigenvalue weighted by Crippen LogP contribution is -2.42. The number of carbonyl (C=O) groups excluding carboxylic acids is 2. The van der Waals surface area contributed by atoms with Crippen LogP contribution in [0.5, 0.6) is 0 Å². The third-order valence-electron chi connectivity index (χ3n) is 4.96. The fraction of sp³-hybridized carbons (Fsp3) is 0.450. The number of pyridine rings is 1. The van der Waals surface area contributed by atoms with E-state index in [1.54, 1.807) is 24.1 Å². The summed E-state index contributed by atoms with van der Waals surface area (Å²) >= 11 is 0. The lowest BCUT2D eigenvalue weighted by atomic mass is 9.96. The number of piperidine rings is 1. The highest BCUT2D eigenvalue weighted by molar-refractivity contribution is 5.97. The molecule has 6 heteroatoms. The summed E-state index contributed by atoms with van der Waals surface area (Å²) in [6.45, 7) is 5.73. The van der Waals surface area contributed by atoms with Crippen molar-refractivity contribution in [1.29, 1.82) is 0 Å². The van der Waals surface area contributed by atoms with Crippen LogP contribution in [0.15, 0.2) is 35.3 Å². The van der Waals surface area contributed by atoms with E-state index in [9.17, 15) is 14.4 Å². The average molecular weight is 356 g/mol. The second-order valence-electron chi connectivity index (χ2n) is 6.49. The number of rotatable bonds is 4. The first kappa shape index (κ1) is 18.2. The smallest absolute Gasteiger partial charge is 0.309 e. The monoisotopic (exact) mass is 356 g/mol. The molecule has 1 aromatic carbocycles. The van der Waals surface area contributed by atoms with Gasteiger partial charge in [-0.3, -0.25) is 14.4 Å². The van der Waals surface area contributed by atoms with Gasteiger partial charge in [0.25, 0.3) is 5.91 Å². The van der Waals surface area contributed by atoms with E-state index in [4.69, 9.17) is 4.74 Å². The van der Waals surface area contributed by atoms with Gasteiger partial charge in [0.1, 0.15) is 5.56 Å². The summed E-state index contributed by atoms with van der Waals surface area (Å²) in [5, 5.41) is 0.557. The molecular formula is C20H24N2O4. The van der Waals surface area contributed by atoms with E-state index in [2.05, 4.69) is 0 Å². The number of fused-ring (bicyclic) bond motifs is 1. The molecule has 0 saturated carbocycles. The Hall–Kier alpha value is -2.63. The topological polar surface area (TPSA) is 68.6 Å². The molecule has 0 atom stereocenters. The molecule has 138 valence electrons. The molecule has 1 saturated heterocycles. The van der Waals surface area contributed by atoms with Crippen LogP contribution >= 0.6 is 0 Å². The van der Waals surface area contributed by atoms with Crippen LogP contribution in [0.1, 0.15) is 37.0 Å². The van der Waals surface area contributed by atoms with Crippen molar-refractivity contribution < 1.29 is 14.3 Å². The Balaban J connectivity index is 1.84.